The van der Waals surface area contributed by atoms with E-state index in [9.17, 15) is 18.0 Å². The molecule has 0 aliphatic carbocycles. The second kappa shape index (κ2) is 7.03. The molecule has 140 valence electrons. The van der Waals surface area contributed by atoms with E-state index >= 15 is 0 Å². The Labute approximate surface area is 159 Å². The number of primary sulfonamides is 1. The smallest absolute Gasteiger partial charge is 0.305 e. The molecule has 0 radical (unpaired) electrons. The van der Waals surface area contributed by atoms with Gasteiger partial charge in [-0.2, -0.15) is 0 Å². The summed E-state index contributed by atoms with van der Waals surface area (Å²) in [5.74, 6) is -1.35. The first-order chi connectivity index (χ1) is 12.7. The molecule has 2 aromatic carbocycles. The van der Waals surface area contributed by atoms with Crippen molar-refractivity contribution < 1.29 is 22.4 Å². The van der Waals surface area contributed by atoms with Crippen LogP contribution in [0, 0.1) is 6.92 Å². The first kappa shape index (κ1) is 18.9. The highest BCUT2D eigenvalue weighted by atomic mass is 35.5. The van der Waals surface area contributed by atoms with Gasteiger partial charge in [0.2, 0.25) is 10.0 Å². The lowest BCUT2D eigenvalue weighted by Gasteiger charge is -2.08. The number of sulfonamides is 1. The molecule has 3 aromatic rings. The summed E-state index contributed by atoms with van der Waals surface area (Å²) in [5, 5.41) is 5.72. The molecule has 10 heteroatoms. The predicted octanol–water partition coefficient (Wildman–Crippen LogP) is 2.12. The summed E-state index contributed by atoms with van der Waals surface area (Å²) in [5.41, 5.74) is 5.53. The monoisotopic (exact) mass is 407 g/mol. The van der Waals surface area contributed by atoms with Gasteiger partial charge in [-0.15, -0.1) is 0 Å². The van der Waals surface area contributed by atoms with Crippen LogP contribution in [0.3, 0.4) is 0 Å². The molecular formula is C17H14ClN3O5S. The fraction of sp³-hybridized carbons (Fsp3) is 0.0588. The molecule has 1 heterocycles. The molecule has 0 atom stereocenters. The number of hydrogen-bond acceptors (Lipinski definition) is 5. The molecule has 0 unspecified atom stereocenters. The number of carbonyl (C=O) groups is 2. The van der Waals surface area contributed by atoms with Crippen LogP contribution >= 0.6 is 11.6 Å². The number of benzene rings is 2. The van der Waals surface area contributed by atoms with Crippen LogP contribution in [0.2, 0.25) is 5.02 Å². The van der Waals surface area contributed by atoms with Crippen molar-refractivity contribution in [1.82, 2.24) is 10.9 Å². The zero-order valence-electron chi connectivity index (χ0n) is 13.9. The van der Waals surface area contributed by atoms with E-state index in [0.717, 1.165) is 11.5 Å². The molecule has 0 fully saturated rings. The van der Waals surface area contributed by atoms with E-state index in [2.05, 4.69) is 10.9 Å². The minimum absolute atomic E-state index is 0.0509. The number of hydrazine groups is 1. The van der Waals surface area contributed by atoms with E-state index in [1.165, 1.54) is 12.1 Å². The van der Waals surface area contributed by atoms with Crippen molar-refractivity contribution in [2.45, 2.75) is 11.8 Å². The molecule has 4 N–H and O–H groups in total. The summed E-state index contributed by atoms with van der Waals surface area (Å²) in [6, 6.07) is 10.7. The topological polar surface area (TPSA) is 132 Å². The lowest BCUT2D eigenvalue weighted by molar-refractivity contribution is 0.0831. The highest BCUT2D eigenvalue weighted by molar-refractivity contribution is 7.89. The van der Waals surface area contributed by atoms with Gasteiger partial charge in [0, 0.05) is 16.5 Å². The number of amides is 2. The summed E-state index contributed by atoms with van der Waals surface area (Å²) >= 11 is 5.78. The van der Waals surface area contributed by atoms with Crippen LogP contribution in [0.15, 0.2) is 51.8 Å². The van der Waals surface area contributed by atoms with E-state index < -0.39 is 26.7 Å². The standard InChI is InChI=1S/C17H14ClN3O5S/c1-9-11-4-2-3-5-13(11)26-15(9)17(23)21-20-16(22)10-6-7-12(18)14(8-10)27(19,24)25/h2-8H,1H3,(H,20,22)(H,21,23)(H2,19,24,25). The molecule has 1 aromatic heterocycles. The van der Waals surface area contributed by atoms with E-state index in [4.69, 9.17) is 21.2 Å². The zero-order valence-corrected chi connectivity index (χ0v) is 15.5. The van der Waals surface area contributed by atoms with Gasteiger partial charge in [-0.3, -0.25) is 20.4 Å². The van der Waals surface area contributed by atoms with Gasteiger partial charge in [-0.25, -0.2) is 13.6 Å². The number of rotatable bonds is 3. The zero-order chi connectivity index (χ0) is 19.8. The molecule has 0 aliphatic heterocycles. The molecule has 0 aliphatic rings. The minimum Gasteiger partial charge on any atom is -0.451 e. The molecule has 0 saturated heterocycles. The van der Waals surface area contributed by atoms with Crippen molar-refractivity contribution in [2.75, 3.05) is 0 Å². The first-order valence-corrected chi connectivity index (χ1v) is 9.52. The predicted molar refractivity (Wildman–Crippen MR) is 98.7 cm³/mol. The second-order valence-electron chi connectivity index (χ2n) is 5.65. The molecule has 0 saturated carbocycles. The number of aryl methyl sites for hydroxylation is 1. The van der Waals surface area contributed by atoms with Crippen molar-refractivity contribution in [3.8, 4) is 0 Å². The Balaban J connectivity index is 1.77. The SMILES string of the molecule is Cc1c(C(=O)NNC(=O)c2ccc(Cl)c(S(N)(=O)=O)c2)oc2ccccc12. The molecule has 0 spiro atoms. The third-order valence-electron chi connectivity index (χ3n) is 3.84. The highest BCUT2D eigenvalue weighted by Gasteiger charge is 2.19. The third-order valence-corrected chi connectivity index (χ3v) is 5.23. The Morgan fingerprint density at radius 1 is 1.07 bits per heavy atom. The number of carbonyl (C=O) groups excluding carboxylic acids is 2. The summed E-state index contributed by atoms with van der Waals surface area (Å²) < 4.78 is 28.5. The lowest BCUT2D eigenvalue weighted by Crippen LogP contribution is -2.41. The van der Waals surface area contributed by atoms with Crippen LogP contribution in [-0.4, -0.2) is 20.2 Å². The number of fused-ring (bicyclic) bond motifs is 1. The Hall–Kier alpha value is -2.88. The first-order valence-electron chi connectivity index (χ1n) is 7.59. The number of nitrogens with one attached hydrogen (secondary N) is 2. The summed E-state index contributed by atoms with van der Waals surface area (Å²) in [6.45, 7) is 1.72. The van der Waals surface area contributed by atoms with Crippen LogP contribution in [0.4, 0.5) is 0 Å². The molecular weight excluding hydrogens is 394 g/mol. The third kappa shape index (κ3) is 3.80. The average molecular weight is 408 g/mol. The van der Waals surface area contributed by atoms with E-state index in [0.29, 0.717) is 11.1 Å². The van der Waals surface area contributed by atoms with Gasteiger partial charge in [0.1, 0.15) is 10.5 Å². The number of hydrogen-bond donors (Lipinski definition) is 3. The van der Waals surface area contributed by atoms with Crippen LogP contribution in [0.25, 0.3) is 11.0 Å². The van der Waals surface area contributed by atoms with Crippen LogP contribution in [0.5, 0.6) is 0 Å². The fourth-order valence-corrected chi connectivity index (χ4v) is 3.57. The van der Waals surface area contributed by atoms with Gasteiger partial charge in [0.15, 0.2) is 5.76 Å². The van der Waals surface area contributed by atoms with E-state index in [1.807, 2.05) is 12.1 Å². The Morgan fingerprint density at radius 3 is 2.41 bits per heavy atom. The molecule has 0 bridgehead atoms. The maximum Gasteiger partial charge on any atom is 0.305 e. The fourth-order valence-electron chi connectivity index (χ4n) is 2.50. The van der Waals surface area contributed by atoms with Gasteiger partial charge in [0.05, 0.1) is 5.02 Å². The quantitative estimate of drug-likeness (QED) is 0.572. The average Bonchev–Trinajstić information content (AvgIpc) is 2.96. The molecule has 27 heavy (non-hydrogen) atoms. The number of para-hydroxylation sites is 1. The van der Waals surface area contributed by atoms with Crippen LogP contribution in [0.1, 0.15) is 26.5 Å². The van der Waals surface area contributed by atoms with Crippen molar-refractivity contribution >= 4 is 44.4 Å². The maximum atomic E-state index is 12.3. The van der Waals surface area contributed by atoms with Crippen molar-refractivity contribution in [2.24, 2.45) is 5.14 Å². The van der Waals surface area contributed by atoms with Gasteiger partial charge < -0.3 is 4.42 Å². The van der Waals surface area contributed by atoms with Crippen molar-refractivity contribution in [3.63, 3.8) is 0 Å². The second-order valence-corrected chi connectivity index (χ2v) is 7.59. The summed E-state index contributed by atoms with van der Waals surface area (Å²) in [7, 11) is -4.10. The Morgan fingerprint density at radius 2 is 1.74 bits per heavy atom. The van der Waals surface area contributed by atoms with Crippen LogP contribution in [-0.2, 0) is 10.0 Å². The van der Waals surface area contributed by atoms with E-state index in [1.54, 1.807) is 19.1 Å². The van der Waals surface area contributed by atoms with Crippen molar-refractivity contribution in [3.05, 3.63) is 64.4 Å². The minimum atomic E-state index is -4.10. The summed E-state index contributed by atoms with van der Waals surface area (Å²) in [6.07, 6.45) is 0. The van der Waals surface area contributed by atoms with E-state index in [-0.39, 0.29) is 16.3 Å². The van der Waals surface area contributed by atoms with Gasteiger partial charge >= 0.3 is 5.91 Å². The van der Waals surface area contributed by atoms with Crippen molar-refractivity contribution in [1.29, 1.82) is 0 Å². The Bertz CT molecular complexity index is 1170. The van der Waals surface area contributed by atoms with Crippen LogP contribution < -0.4 is 16.0 Å². The largest absolute Gasteiger partial charge is 0.451 e. The van der Waals surface area contributed by atoms with Gasteiger partial charge in [-0.1, -0.05) is 29.8 Å². The number of halogens is 1. The lowest BCUT2D eigenvalue weighted by atomic mass is 10.1. The summed E-state index contributed by atoms with van der Waals surface area (Å²) in [4.78, 5) is 24.1. The highest BCUT2D eigenvalue weighted by Crippen LogP contribution is 2.24. The molecule has 8 nitrogen and oxygen atoms in total. The van der Waals surface area contributed by atoms with Gasteiger partial charge in [-0.05, 0) is 31.2 Å². The number of furan rings is 1. The normalized spacial score (nSPS) is 11.4. The molecule has 2 amide bonds. The van der Waals surface area contributed by atoms with Gasteiger partial charge in [0.25, 0.3) is 5.91 Å². The maximum absolute atomic E-state index is 12.3. The Kier molecular flexibility index (Phi) is 4.92. The molecule has 3 rings (SSSR count). The number of nitrogens with two attached hydrogens (primary N) is 1.